The minimum Gasteiger partial charge on any atom is -0.493 e. The number of fused-ring (bicyclic) bond motifs is 1. The number of benzene rings is 1. The van der Waals surface area contributed by atoms with Crippen molar-refractivity contribution in [2.75, 3.05) is 31.4 Å². The average Bonchev–Trinajstić information content (AvgIpc) is 3.29. The van der Waals surface area contributed by atoms with Gasteiger partial charge in [0.1, 0.15) is 12.8 Å². The highest BCUT2D eigenvalue weighted by molar-refractivity contribution is 5.94. The Balaban J connectivity index is 1.71. The van der Waals surface area contributed by atoms with E-state index in [1.54, 1.807) is 31.3 Å². The first-order valence-corrected chi connectivity index (χ1v) is 9.61. The van der Waals surface area contributed by atoms with Gasteiger partial charge in [0, 0.05) is 19.5 Å². The van der Waals surface area contributed by atoms with Crippen LogP contribution in [0.1, 0.15) is 22.5 Å². The molecule has 3 aromatic rings. The Hall–Kier alpha value is -3.84. The van der Waals surface area contributed by atoms with E-state index in [0.717, 1.165) is 0 Å². The lowest BCUT2D eigenvalue weighted by Gasteiger charge is -2.14. The molecule has 160 valence electrons. The van der Waals surface area contributed by atoms with Gasteiger partial charge in [-0.3, -0.25) is 4.79 Å². The molecule has 2 atom stereocenters. The Morgan fingerprint density at radius 3 is 2.90 bits per heavy atom. The number of carbonyl (C=O) groups is 1. The summed E-state index contributed by atoms with van der Waals surface area (Å²) in [6.07, 6.45) is 0.721. The fraction of sp³-hybridized carbons (Fsp3) is 0.286. The third kappa shape index (κ3) is 4.08. The molecule has 1 aliphatic carbocycles. The number of hydrogen-bond donors (Lipinski definition) is 4. The molecule has 9 nitrogen and oxygen atoms in total. The SMILES string of the molecule is CNc1cc(Nc2cccc(C#CCO)c2OC)nn2c(C(=O)N[C@@H]3C[C@@H]3F)cnc12. The standard InChI is InChI=1S/C21H21FN6O3/c1-23-16-10-18(25-14-7-3-5-12(6-4-8-29)19(14)31-2)27-28-17(11-24-20(16)28)21(30)26-15-9-13(15)22/h3,5,7,10-11,13,15,23,29H,8-9H2,1-2H3,(H,25,27)(H,26,30)/t13-,15+/m0/s1. The van der Waals surface area contributed by atoms with Crippen LogP contribution >= 0.6 is 0 Å². The number of imidazole rings is 1. The molecular weight excluding hydrogens is 403 g/mol. The summed E-state index contributed by atoms with van der Waals surface area (Å²) in [7, 11) is 3.26. The van der Waals surface area contributed by atoms with Gasteiger partial charge in [0.25, 0.3) is 5.91 Å². The number of aliphatic hydroxyl groups is 1. The van der Waals surface area contributed by atoms with E-state index in [9.17, 15) is 9.18 Å². The minimum atomic E-state index is -1.00. The average molecular weight is 424 g/mol. The van der Waals surface area contributed by atoms with Crippen molar-refractivity contribution in [3.05, 3.63) is 41.7 Å². The number of para-hydroxylation sites is 1. The summed E-state index contributed by atoms with van der Waals surface area (Å²) in [6.45, 7) is -0.264. The van der Waals surface area contributed by atoms with Gasteiger partial charge < -0.3 is 25.8 Å². The zero-order valence-electron chi connectivity index (χ0n) is 16.9. The third-order valence-electron chi connectivity index (χ3n) is 4.78. The smallest absolute Gasteiger partial charge is 0.271 e. The Bertz CT molecular complexity index is 1200. The highest BCUT2D eigenvalue weighted by Gasteiger charge is 2.39. The van der Waals surface area contributed by atoms with Crippen LogP contribution in [-0.2, 0) is 0 Å². The summed E-state index contributed by atoms with van der Waals surface area (Å²) in [4.78, 5) is 16.8. The van der Waals surface area contributed by atoms with E-state index in [0.29, 0.717) is 40.6 Å². The first-order chi connectivity index (χ1) is 15.0. The summed E-state index contributed by atoms with van der Waals surface area (Å²) in [6, 6.07) is 6.65. The second kappa shape index (κ2) is 8.49. The van der Waals surface area contributed by atoms with E-state index >= 15 is 0 Å². The summed E-state index contributed by atoms with van der Waals surface area (Å²) in [5, 5.41) is 22.3. The van der Waals surface area contributed by atoms with Gasteiger partial charge in [-0.2, -0.15) is 0 Å². The van der Waals surface area contributed by atoms with Crippen LogP contribution in [0.25, 0.3) is 5.65 Å². The van der Waals surface area contributed by atoms with Gasteiger partial charge in [-0.05, 0) is 12.1 Å². The van der Waals surface area contributed by atoms with Crippen molar-refractivity contribution in [2.45, 2.75) is 18.6 Å². The van der Waals surface area contributed by atoms with Gasteiger partial charge in [-0.25, -0.2) is 13.9 Å². The molecule has 0 aliphatic heterocycles. The normalized spacial score (nSPS) is 16.9. The molecule has 0 spiro atoms. The molecule has 1 amide bonds. The number of aliphatic hydroxyl groups excluding tert-OH is 1. The molecular formula is C21H21FN6O3. The lowest BCUT2D eigenvalue weighted by atomic mass is 10.1. The van der Waals surface area contributed by atoms with E-state index in [1.165, 1.54) is 17.8 Å². The summed E-state index contributed by atoms with van der Waals surface area (Å²) < 4.78 is 20.1. The van der Waals surface area contributed by atoms with Gasteiger partial charge in [0.05, 0.1) is 36.3 Å². The number of amides is 1. The highest BCUT2D eigenvalue weighted by Crippen LogP contribution is 2.31. The molecule has 1 aromatic carbocycles. The maximum absolute atomic E-state index is 13.2. The molecule has 0 radical (unpaired) electrons. The predicted octanol–water partition coefficient (Wildman–Crippen LogP) is 1.71. The number of ether oxygens (including phenoxy) is 1. The summed E-state index contributed by atoms with van der Waals surface area (Å²) >= 11 is 0. The fourth-order valence-electron chi connectivity index (χ4n) is 3.15. The van der Waals surface area contributed by atoms with Crippen LogP contribution in [0.4, 0.5) is 21.6 Å². The first kappa shape index (κ1) is 20.4. The van der Waals surface area contributed by atoms with Crippen molar-refractivity contribution >= 4 is 28.7 Å². The first-order valence-electron chi connectivity index (χ1n) is 9.61. The van der Waals surface area contributed by atoms with Crippen LogP contribution in [0.3, 0.4) is 0 Å². The van der Waals surface area contributed by atoms with Crippen molar-refractivity contribution < 1.29 is 19.0 Å². The van der Waals surface area contributed by atoms with Crippen molar-refractivity contribution in [2.24, 2.45) is 0 Å². The van der Waals surface area contributed by atoms with Crippen LogP contribution in [0.15, 0.2) is 30.5 Å². The fourth-order valence-corrected chi connectivity index (χ4v) is 3.15. The lowest BCUT2D eigenvalue weighted by molar-refractivity contribution is 0.0940. The van der Waals surface area contributed by atoms with Crippen molar-refractivity contribution in [1.29, 1.82) is 0 Å². The van der Waals surface area contributed by atoms with Gasteiger partial charge in [-0.15, -0.1) is 5.10 Å². The van der Waals surface area contributed by atoms with Gasteiger partial charge >= 0.3 is 0 Å². The number of nitrogens with one attached hydrogen (secondary N) is 3. The summed E-state index contributed by atoms with van der Waals surface area (Å²) in [5.74, 6) is 5.91. The van der Waals surface area contributed by atoms with Crippen LogP contribution in [-0.4, -0.2) is 58.6 Å². The van der Waals surface area contributed by atoms with Crippen LogP contribution in [0.2, 0.25) is 0 Å². The second-order valence-electron chi connectivity index (χ2n) is 6.88. The van der Waals surface area contributed by atoms with E-state index < -0.39 is 18.1 Å². The topological polar surface area (TPSA) is 113 Å². The Morgan fingerprint density at radius 2 is 2.23 bits per heavy atom. The lowest BCUT2D eigenvalue weighted by Crippen LogP contribution is -2.28. The molecule has 1 saturated carbocycles. The molecule has 1 fully saturated rings. The van der Waals surface area contributed by atoms with Gasteiger partial charge in [0.2, 0.25) is 0 Å². The Morgan fingerprint density at radius 1 is 1.42 bits per heavy atom. The highest BCUT2D eigenvalue weighted by atomic mass is 19.1. The van der Waals surface area contributed by atoms with Crippen LogP contribution in [0, 0.1) is 11.8 Å². The van der Waals surface area contributed by atoms with Gasteiger partial charge in [-0.1, -0.05) is 17.9 Å². The maximum atomic E-state index is 13.2. The number of hydrogen-bond acceptors (Lipinski definition) is 7. The minimum absolute atomic E-state index is 0.198. The molecule has 0 saturated heterocycles. The van der Waals surface area contributed by atoms with Crippen molar-refractivity contribution in [3.8, 4) is 17.6 Å². The Labute approximate surface area is 177 Å². The van der Waals surface area contributed by atoms with E-state index in [1.807, 2.05) is 0 Å². The monoisotopic (exact) mass is 424 g/mol. The van der Waals surface area contributed by atoms with Gasteiger partial charge in [0.15, 0.2) is 22.9 Å². The van der Waals surface area contributed by atoms with Crippen molar-refractivity contribution in [3.63, 3.8) is 0 Å². The zero-order chi connectivity index (χ0) is 22.0. The number of nitrogens with zero attached hydrogens (tertiary/aromatic N) is 3. The summed E-state index contributed by atoms with van der Waals surface area (Å²) in [5.41, 5.74) is 2.50. The molecule has 31 heavy (non-hydrogen) atoms. The molecule has 4 N–H and O–H groups in total. The van der Waals surface area contributed by atoms with Crippen LogP contribution < -0.4 is 20.7 Å². The predicted molar refractivity (Wildman–Crippen MR) is 114 cm³/mol. The number of carbonyl (C=O) groups excluding carboxylic acids is 1. The molecule has 10 heteroatoms. The number of anilines is 3. The molecule has 0 bridgehead atoms. The number of aromatic nitrogens is 3. The number of alkyl halides is 1. The molecule has 0 unspecified atom stereocenters. The second-order valence-corrected chi connectivity index (χ2v) is 6.88. The molecule has 2 heterocycles. The molecule has 4 rings (SSSR count). The van der Waals surface area contributed by atoms with E-state index in [4.69, 9.17) is 9.84 Å². The van der Waals surface area contributed by atoms with E-state index in [2.05, 4.69) is 37.9 Å². The van der Waals surface area contributed by atoms with E-state index in [-0.39, 0.29) is 12.3 Å². The third-order valence-corrected chi connectivity index (χ3v) is 4.78. The largest absolute Gasteiger partial charge is 0.493 e. The van der Waals surface area contributed by atoms with Crippen LogP contribution in [0.5, 0.6) is 5.75 Å². The quantitative estimate of drug-likeness (QED) is 0.446. The van der Waals surface area contributed by atoms with Crippen molar-refractivity contribution in [1.82, 2.24) is 19.9 Å². The zero-order valence-corrected chi connectivity index (χ0v) is 16.9. The number of rotatable bonds is 6. The number of methoxy groups -OCH3 is 1. The molecule has 2 aromatic heterocycles. The maximum Gasteiger partial charge on any atom is 0.271 e. The molecule has 1 aliphatic rings. The number of halogens is 1. The Kier molecular flexibility index (Phi) is 5.60.